The number of thiophene rings is 1. The summed E-state index contributed by atoms with van der Waals surface area (Å²) in [6, 6.07) is 8.04. The third-order valence-electron chi connectivity index (χ3n) is 6.02. The Morgan fingerprint density at radius 3 is 2.62 bits per heavy atom. The van der Waals surface area contributed by atoms with Crippen LogP contribution in [-0.4, -0.2) is 53.2 Å². The molecule has 0 saturated carbocycles. The molecule has 12 heteroatoms. The topological polar surface area (TPSA) is 141 Å². The lowest BCUT2D eigenvalue weighted by Gasteiger charge is -2.21. The average Bonchev–Trinajstić information content (AvgIpc) is 3.52. The van der Waals surface area contributed by atoms with Gasteiger partial charge >= 0.3 is 18.0 Å². The summed E-state index contributed by atoms with van der Waals surface area (Å²) in [5.74, 6) is -2.11. The maximum absolute atomic E-state index is 12.9. The van der Waals surface area contributed by atoms with Gasteiger partial charge in [0.1, 0.15) is 10.5 Å². The van der Waals surface area contributed by atoms with E-state index >= 15 is 0 Å². The molecule has 0 saturated heterocycles. The van der Waals surface area contributed by atoms with E-state index in [2.05, 4.69) is 15.0 Å². The standard InChI is InChI=1S/C28H27ClN2O8S/c1-27(2,3)39-26(35)31-20-6-5-18(29)11-19(20)16-9-15-7-8-28(36,23(15)30-12-16)25(34)38-13-21(32)17-10-22(40-14-17)24(33)37-4/h5-6,9-12,14,36H,7-8,13H2,1-4H3,(H,31,35). The van der Waals surface area contributed by atoms with Gasteiger partial charge in [-0.05, 0) is 69.5 Å². The molecular weight excluding hydrogens is 560 g/mol. The number of pyridine rings is 1. The van der Waals surface area contributed by atoms with Gasteiger partial charge in [0.25, 0.3) is 0 Å². The average molecular weight is 587 g/mol. The third kappa shape index (κ3) is 6.33. The Morgan fingerprint density at radius 2 is 1.93 bits per heavy atom. The number of Topliss-reactive ketones (excluding diaryl/α,β-unsaturated/α-hetero) is 1. The normalized spacial score (nSPS) is 16.1. The lowest BCUT2D eigenvalue weighted by atomic mass is 9.99. The molecule has 2 aromatic heterocycles. The summed E-state index contributed by atoms with van der Waals surface area (Å²) in [4.78, 5) is 54.0. The summed E-state index contributed by atoms with van der Waals surface area (Å²) in [6.07, 6.45) is 1.15. The van der Waals surface area contributed by atoms with Crippen LogP contribution in [-0.2, 0) is 31.0 Å². The van der Waals surface area contributed by atoms with E-state index in [0.29, 0.717) is 33.8 Å². The number of fused-ring (bicyclic) bond motifs is 1. The molecule has 0 fully saturated rings. The summed E-state index contributed by atoms with van der Waals surface area (Å²) in [5.41, 5.74) is -0.199. The molecule has 3 aromatic rings. The number of carbonyl (C=O) groups excluding carboxylic acids is 4. The number of methoxy groups -OCH3 is 1. The molecule has 0 radical (unpaired) electrons. The van der Waals surface area contributed by atoms with Crippen molar-refractivity contribution in [2.24, 2.45) is 0 Å². The molecule has 1 unspecified atom stereocenters. The van der Waals surface area contributed by atoms with Crippen LogP contribution < -0.4 is 5.32 Å². The summed E-state index contributed by atoms with van der Waals surface area (Å²) < 4.78 is 15.1. The number of hydrogen-bond acceptors (Lipinski definition) is 10. The number of aromatic nitrogens is 1. The highest BCUT2D eigenvalue weighted by molar-refractivity contribution is 7.12. The smallest absolute Gasteiger partial charge is 0.412 e. The maximum atomic E-state index is 12.9. The number of aryl methyl sites for hydroxylation is 1. The van der Waals surface area contributed by atoms with Crippen LogP contribution in [0.3, 0.4) is 0 Å². The van der Waals surface area contributed by atoms with Crippen LogP contribution >= 0.6 is 22.9 Å². The highest BCUT2D eigenvalue weighted by Crippen LogP contribution is 2.40. The monoisotopic (exact) mass is 586 g/mol. The van der Waals surface area contributed by atoms with Crippen molar-refractivity contribution in [3.8, 4) is 11.1 Å². The van der Waals surface area contributed by atoms with E-state index in [1.165, 1.54) is 24.8 Å². The lowest BCUT2D eigenvalue weighted by Crippen LogP contribution is -2.36. The number of esters is 2. The summed E-state index contributed by atoms with van der Waals surface area (Å²) >= 11 is 7.26. The molecule has 1 aromatic carbocycles. The molecule has 2 heterocycles. The second-order valence-electron chi connectivity index (χ2n) is 10.1. The highest BCUT2D eigenvalue weighted by atomic mass is 35.5. The van der Waals surface area contributed by atoms with Crippen LogP contribution in [0.5, 0.6) is 0 Å². The summed E-state index contributed by atoms with van der Waals surface area (Å²) in [7, 11) is 1.23. The molecule has 1 atom stereocenters. The largest absolute Gasteiger partial charge is 0.465 e. The molecule has 40 heavy (non-hydrogen) atoms. The number of halogens is 1. The number of nitrogens with zero attached hydrogens (tertiary/aromatic N) is 1. The SMILES string of the molecule is COC(=O)c1cc(C(=O)COC(=O)C2(O)CCc3cc(-c4cc(Cl)ccc4NC(=O)OC(C)(C)C)cnc32)cs1. The third-order valence-corrected chi connectivity index (χ3v) is 7.17. The Labute approximate surface area is 239 Å². The zero-order valence-electron chi connectivity index (χ0n) is 22.2. The molecule has 2 N–H and O–H groups in total. The van der Waals surface area contributed by atoms with E-state index in [9.17, 15) is 24.3 Å². The highest BCUT2D eigenvalue weighted by Gasteiger charge is 2.47. The molecule has 4 rings (SSSR count). The van der Waals surface area contributed by atoms with Crippen LogP contribution in [0.2, 0.25) is 5.02 Å². The molecule has 0 aliphatic heterocycles. The first-order chi connectivity index (χ1) is 18.8. The van der Waals surface area contributed by atoms with Gasteiger partial charge in [-0.25, -0.2) is 14.4 Å². The van der Waals surface area contributed by atoms with Gasteiger partial charge < -0.3 is 19.3 Å². The predicted molar refractivity (Wildman–Crippen MR) is 148 cm³/mol. The van der Waals surface area contributed by atoms with E-state index in [4.69, 9.17) is 21.1 Å². The number of benzene rings is 1. The van der Waals surface area contributed by atoms with Crippen molar-refractivity contribution in [1.82, 2.24) is 4.98 Å². The zero-order chi connectivity index (χ0) is 29.2. The number of nitrogens with one attached hydrogen (secondary N) is 1. The first-order valence-electron chi connectivity index (χ1n) is 12.2. The van der Waals surface area contributed by atoms with Crippen molar-refractivity contribution < 1.29 is 38.5 Å². The molecular formula is C28H27ClN2O8S. The van der Waals surface area contributed by atoms with E-state index in [1.807, 2.05) is 0 Å². The van der Waals surface area contributed by atoms with E-state index < -0.39 is 41.6 Å². The number of aliphatic hydroxyl groups is 1. The summed E-state index contributed by atoms with van der Waals surface area (Å²) in [6.45, 7) is 4.65. The number of rotatable bonds is 7. The molecule has 0 spiro atoms. The van der Waals surface area contributed by atoms with Crippen molar-refractivity contribution >= 4 is 52.4 Å². The minimum absolute atomic E-state index is 0.00924. The number of ketones is 1. The number of hydrogen-bond donors (Lipinski definition) is 2. The Hall–Kier alpha value is -3.80. The van der Waals surface area contributed by atoms with Crippen molar-refractivity contribution in [2.45, 2.75) is 44.8 Å². The second kappa shape index (κ2) is 11.4. The first-order valence-corrected chi connectivity index (χ1v) is 13.5. The number of ether oxygens (including phenoxy) is 3. The summed E-state index contributed by atoms with van der Waals surface area (Å²) in [5, 5.41) is 15.8. The van der Waals surface area contributed by atoms with Gasteiger partial charge in [-0.2, -0.15) is 0 Å². The fraction of sp³-hybridized carbons (Fsp3) is 0.321. The Bertz CT molecular complexity index is 1500. The Balaban J connectivity index is 1.50. The van der Waals surface area contributed by atoms with Gasteiger partial charge in [0.05, 0.1) is 18.5 Å². The predicted octanol–water partition coefficient (Wildman–Crippen LogP) is 5.16. The van der Waals surface area contributed by atoms with Crippen LogP contribution in [0.1, 0.15) is 58.5 Å². The number of carbonyl (C=O) groups is 4. The number of amides is 1. The second-order valence-corrected chi connectivity index (χ2v) is 11.4. The molecule has 10 nitrogen and oxygen atoms in total. The van der Waals surface area contributed by atoms with E-state index in [0.717, 1.165) is 11.3 Å². The van der Waals surface area contributed by atoms with Crippen molar-refractivity contribution in [1.29, 1.82) is 0 Å². The lowest BCUT2D eigenvalue weighted by molar-refractivity contribution is -0.165. The van der Waals surface area contributed by atoms with Crippen LogP contribution in [0, 0.1) is 0 Å². The van der Waals surface area contributed by atoms with Gasteiger partial charge in [0.15, 0.2) is 6.61 Å². The van der Waals surface area contributed by atoms with Crippen LogP contribution in [0.25, 0.3) is 11.1 Å². The Kier molecular flexibility index (Phi) is 8.29. The van der Waals surface area contributed by atoms with E-state index in [-0.39, 0.29) is 22.6 Å². The molecule has 1 aliphatic carbocycles. The van der Waals surface area contributed by atoms with Gasteiger partial charge in [0.2, 0.25) is 11.4 Å². The minimum atomic E-state index is -2.04. The van der Waals surface area contributed by atoms with E-state index in [1.54, 1.807) is 45.0 Å². The maximum Gasteiger partial charge on any atom is 0.412 e. The fourth-order valence-corrected chi connectivity index (χ4v) is 5.16. The van der Waals surface area contributed by atoms with Crippen molar-refractivity contribution in [3.05, 3.63) is 68.6 Å². The molecule has 0 bridgehead atoms. The van der Waals surface area contributed by atoms with Gasteiger partial charge in [-0.1, -0.05) is 11.6 Å². The van der Waals surface area contributed by atoms with Crippen molar-refractivity contribution in [3.63, 3.8) is 0 Å². The molecule has 1 amide bonds. The van der Waals surface area contributed by atoms with Crippen LogP contribution in [0.4, 0.5) is 10.5 Å². The van der Waals surface area contributed by atoms with Crippen LogP contribution in [0.15, 0.2) is 41.9 Å². The molecule has 210 valence electrons. The van der Waals surface area contributed by atoms with Gasteiger partial charge in [-0.3, -0.25) is 15.1 Å². The van der Waals surface area contributed by atoms with Gasteiger partial charge in [0, 0.05) is 33.3 Å². The first kappa shape index (κ1) is 29.2. The fourth-order valence-electron chi connectivity index (χ4n) is 4.16. The number of anilines is 1. The van der Waals surface area contributed by atoms with Crippen molar-refractivity contribution in [2.75, 3.05) is 19.0 Å². The van der Waals surface area contributed by atoms with Gasteiger partial charge in [-0.15, -0.1) is 11.3 Å². The Morgan fingerprint density at radius 1 is 1.18 bits per heavy atom. The minimum Gasteiger partial charge on any atom is -0.465 e. The zero-order valence-corrected chi connectivity index (χ0v) is 23.8. The molecule has 1 aliphatic rings. The quantitative estimate of drug-likeness (QED) is 0.218.